The molecule has 202 valence electrons. The van der Waals surface area contributed by atoms with Crippen LogP contribution in [0.4, 0.5) is 4.79 Å². The average molecular weight is 531 g/mol. The van der Waals surface area contributed by atoms with E-state index in [1.54, 1.807) is 12.1 Å². The Morgan fingerprint density at radius 2 is 1.82 bits per heavy atom. The number of carbonyl (C=O) groups is 3. The lowest BCUT2D eigenvalue weighted by Gasteiger charge is -2.42. The first kappa shape index (κ1) is 26.9. The van der Waals surface area contributed by atoms with Crippen molar-refractivity contribution < 1.29 is 39.0 Å². The number of fused-ring (bicyclic) bond motifs is 3. The summed E-state index contributed by atoms with van der Waals surface area (Å²) in [6.07, 6.45) is 1.38. The van der Waals surface area contributed by atoms with Crippen LogP contribution in [0, 0.1) is 17.8 Å². The number of hydrogen-bond donors (Lipinski definition) is 3. The van der Waals surface area contributed by atoms with Gasteiger partial charge in [0.05, 0.1) is 31.7 Å². The summed E-state index contributed by atoms with van der Waals surface area (Å²) in [6, 6.07) is 16.7. The van der Waals surface area contributed by atoms with Gasteiger partial charge in [-0.1, -0.05) is 48.5 Å². The van der Waals surface area contributed by atoms with Crippen molar-refractivity contribution in [2.75, 3.05) is 13.7 Å². The average Bonchev–Trinajstić information content (AvgIpc) is 3.20. The van der Waals surface area contributed by atoms with Gasteiger partial charge < -0.3 is 24.6 Å². The molecule has 2 saturated heterocycles. The number of amides is 3. The van der Waals surface area contributed by atoms with Crippen molar-refractivity contribution in [1.82, 2.24) is 4.90 Å². The van der Waals surface area contributed by atoms with E-state index < -0.39 is 48.9 Å². The number of likely N-dealkylation sites (tertiary alicyclic amines) is 1. The van der Waals surface area contributed by atoms with Crippen molar-refractivity contribution in [3.63, 3.8) is 0 Å². The molecule has 0 aromatic heterocycles. The van der Waals surface area contributed by atoms with Crippen LogP contribution >= 0.6 is 0 Å². The van der Waals surface area contributed by atoms with E-state index in [4.69, 9.17) is 4.65 Å². The standard InChI is InChI=1S/C29H30BNO8/c1-38-29(36)31-27(34)21-14-20(16-32)25-22(26(21)28(31)35)15-30(37)39-24(25)12-11-18(17-7-3-2-4-8-17)13-19-9-5-6-10-23(19)33/h2-10,13,21-22,24,26,32-33,37H,11-12,14-16H2,1H3/b18-13-/t21-,22+,24-,26-/m1/s1. The van der Waals surface area contributed by atoms with E-state index in [9.17, 15) is 29.6 Å². The number of phenolic OH excluding ortho intramolecular Hbond substituents is 1. The lowest BCUT2D eigenvalue weighted by molar-refractivity contribution is -0.137. The summed E-state index contributed by atoms with van der Waals surface area (Å²) in [4.78, 5) is 39.0. The van der Waals surface area contributed by atoms with Gasteiger partial charge in [0, 0.05) is 5.56 Å². The van der Waals surface area contributed by atoms with Crippen LogP contribution in [0.1, 0.15) is 30.4 Å². The largest absolute Gasteiger partial charge is 0.507 e. The fourth-order valence-electron chi connectivity index (χ4n) is 6.22. The zero-order valence-electron chi connectivity index (χ0n) is 21.5. The van der Waals surface area contributed by atoms with Crippen molar-refractivity contribution >= 4 is 36.7 Å². The molecule has 0 bridgehead atoms. The first-order valence-corrected chi connectivity index (χ1v) is 13.0. The summed E-state index contributed by atoms with van der Waals surface area (Å²) in [6.45, 7) is -0.329. The summed E-state index contributed by atoms with van der Waals surface area (Å²) in [5, 5.41) is 31.3. The third-order valence-electron chi connectivity index (χ3n) is 7.94. The number of phenols is 1. The first-order chi connectivity index (χ1) is 18.8. The van der Waals surface area contributed by atoms with Crippen LogP contribution in [0.3, 0.4) is 0 Å². The van der Waals surface area contributed by atoms with E-state index >= 15 is 0 Å². The summed E-state index contributed by atoms with van der Waals surface area (Å²) in [7, 11) is -0.0746. The van der Waals surface area contributed by atoms with Gasteiger partial charge in [0.2, 0.25) is 11.8 Å². The van der Waals surface area contributed by atoms with Crippen LogP contribution in [0.2, 0.25) is 6.32 Å². The number of imide groups is 3. The quantitative estimate of drug-likeness (QED) is 0.224. The SMILES string of the molecule is COC(=O)N1C(=O)[C@@H]2[C@@H](CC(CO)=C3[C@@H](CC/C(=C/c4ccccc4O)c4ccccc4)OB(O)C[C@@H]32)C1=O. The normalized spacial score (nSPS) is 25.1. The summed E-state index contributed by atoms with van der Waals surface area (Å²) in [5.41, 5.74) is 3.86. The molecule has 3 amide bonds. The number of nitrogens with zero attached hydrogens (tertiary/aromatic N) is 1. The lowest BCUT2D eigenvalue weighted by atomic mass is 9.58. The molecule has 2 heterocycles. The summed E-state index contributed by atoms with van der Waals surface area (Å²) in [5.74, 6) is -3.34. The van der Waals surface area contributed by atoms with Crippen molar-refractivity contribution in [2.24, 2.45) is 17.8 Å². The number of hydrogen-bond acceptors (Lipinski definition) is 8. The molecule has 2 aliphatic heterocycles. The highest BCUT2D eigenvalue weighted by molar-refractivity contribution is 6.43. The number of para-hydroxylation sites is 1. The van der Waals surface area contributed by atoms with E-state index in [2.05, 4.69) is 4.74 Å². The highest BCUT2D eigenvalue weighted by Crippen LogP contribution is 2.50. The number of ether oxygens (including phenoxy) is 1. The van der Waals surface area contributed by atoms with Gasteiger partial charge >= 0.3 is 13.2 Å². The van der Waals surface area contributed by atoms with E-state index in [0.29, 0.717) is 34.5 Å². The second-order valence-corrected chi connectivity index (χ2v) is 10.1. The molecular formula is C29H30BNO8. The Bertz CT molecular complexity index is 1340. The van der Waals surface area contributed by atoms with Gasteiger partial charge in [-0.3, -0.25) is 9.59 Å². The first-order valence-electron chi connectivity index (χ1n) is 13.0. The number of aliphatic hydroxyl groups is 1. The zero-order valence-corrected chi connectivity index (χ0v) is 21.5. The van der Waals surface area contributed by atoms with E-state index in [1.807, 2.05) is 48.5 Å². The number of methoxy groups -OCH3 is 1. The van der Waals surface area contributed by atoms with Gasteiger partial charge in [0.25, 0.3) is 0 Å². The van der Waals surface area contributed by atoms with Crippen molar-refractivity contribution in [2.45, 2.75) is 31.7 Å². The maximum absolute atomic E-state index is 13.3. The Balaban J connectivity index is 1.47. The Hall–Kier alpha value is -3.73. The maximum atomic E-state index is 13.3. The Labute approximate surface area is 226 Å². The molecule has 2 fully saturated rings. The minimum Gasteiger partial charge on any atom is -0.507 e. The Morgan fingerprint density at radius 1 is 1.10 bits per heavy atom. The predicted molar refractivity (Wildman–Crippen MR) is 143 cm³/mol. The molecule has 10 heteroatoms. The van der Waals surface area contributed by atoms with Crippen LogP contribution in [0.25, 0.3) is 11.6 Å². The number of aliphatic hydroxyl groups excluding tert-OH is 1. The Kier molecular flexibility index (Phi) is 7.70. The summed E-state index contributed by atoms with van der Waals surface area (Å²) < 4.78 is 10.6. The van der Waals surface area contributed by atoms with Crippen LogP contribution in [-0.4, -0.2) is 65.0 Å². The molecule has 2 aromatic carbocycles. The van der Waals surface area contributed by atoms with Crippen LogP contribution in [0.15, 0.2) is 65.7 Å². The van der Waals surface area contributed by atoms with Crippen molar-refractivity contribution in [3.8, 4) is 5.75 Å². The van der Waals surface area contributed by atoms with Crippen LogP contribution < -0.4 is 0 Å². The number of allylic oxidation sites excluding steroid dienone is 1. The van der Waals surface area contributed by atoms with E-state index in [1.165, 1.54) is 0 Å². The van der Waals surface area contributed by atoms with Gasteiger partial charge in [-0.2, -0.15) is 4.90 Å². The highest BCUT2D eigenvalue weighted by atomic mass is 16.5. The maximum Gasteiger partial charge on any atom is 0.455 e. The monoisotopic (exact) mass is 531 g/mol. The Morgan fingerprint density at radius 3 is 2.51 bits per heavy atom. The van der Waals surface area contributed by atoms with Crippen LogP contribution in [-0.2, 0) is 19.0 Å². The zero-order chi connectivity index (χ0) is 27.7. The molecular weight excluding hydrogens is 501 g/mol. The fourth-order valence-corrected chi connectivity index (χ4v) is 6.22. The number of aromatic hydroxyl groups is 1. The van der Waals surface area contributed by atoms with Crippen molar-refractivity contribution in [1.29, 1.82) is 0 Å². The van der Waals surface area contributed by atoms with E-state index in [-0.39, 0.29) is 25.1 Å². The number of rotatable bonds is 6. The fraction of sp³-hybridized carbons (Fsp3) is 0.345. The molecule has 1 aliphatic carbocycles. The topological polar surface area (TPSA) is 134 Å². The smallest absolute Gasteiger partial charge is 0.455 e. The minimum atomic E-state index is -1.18. The van der Waals surface area contributed by atoms with Gasteiger partial charge in [0.1, 0.15) is 5.75 Å². The molecule has 39 heavy (non-hydrogen) atoms. The number of benzene rings is 2. The molecule has 4 atom stereocenters. The third-order valence-corrected chi connectivity index (χ3v) is 7.94. The molecule has 5 rings (SSSR count). The van der Waals surface area contributed by atoms with Gasteiger partial charge in [-0.15, -0.1) is 0 Å². The van der Waals surface area contributed by atoms with E-state index in [0.717, 1.165) is 18.2 Å². The molecule has 3 N–H and O–H groups in total. The van der Waals surface area contributed by atoms with Gasteiger partial charge in [-0.05, 0) is 65.9 Å². The van der Waals surface area contributed by atoms with Crippen molar-refractivity contribution in [3.05, 3.63) is 76.9 Å². The summed E-state index contributed by atoms with van der Waals surface area (Å²) >= 11 is 0. The minimum absolute atomic E-state index is 0.0732. The van der Waals surface area contributed by atoms with Gasteiger partial charge in [0.15, 0.2) is 0 Å². The number of carbonyl (C=O) groups excluding carboxylic acids is 3. The molecule has 0 saturated carbocycles. The van der Waals surface area contributed by atoms with Crippen LogP contribution in [0.5, 0.6) is 5.75 Å². The lowest BCUT2D eigenvalue weighted by Crippen LogP contribution is -2.46. The molecule has 0 radical (unpaired) electrons. The highest BCUT2D eigenvalue weighted by Gasteiger charge is 2.59. The molecule has 0 unspecified atom stereocenters. The molecule has 2 aromatic rings. The molecule has 3 aliphatic rings. The molecule has 9 nitrogen and oxygen atoms in total. The second-order valence-electron chi connectivity index (χ2n) is 10.1. The molecule has 0 spiro atoms. The second kappa shape index (κ2) is 11.2. The third kappa shape index (κ3) is 5.03. The predicted octanol–water partition coefficient (Wildman–Crippen LogP) is 3.27. The van der Waals surface area contributed by atoms with Gasteiger partial charge in [-0.25, -0.2) is 4.79 Å².